The summed E-state index contributed by atoms with van der Waals surface area (Å²) in [6.07, 6.45) is 2.54. The molecule has 3 heterocycles. The number of benzene rings is 2. The van der Waals surface area contributed by atoms with Gasteiger partial charge in [-0.1, -0.05) is 13.3 Å². The minimum absolute atomic E-state index is 0.256. The van der Waals surface area contributed by atoms with Gasteiger partial charge in [0, 0.05) is 11.3 Å². The van der Waals surface area contributed by atoms with Crippen LogP contribution in [0.2, 0.25) is 0 Å². The van der Waals surface area contributed by atoms with Crippen molar-refractivity contribution in [1.29, 1.82) is 0 Å². The van der Waals surface area contributed by atoms with E-state index in [-0.39, 0.29) is 12.2 Å². The normalized spacial score (nSPS) is 19.3. The molecule has 0 amide bonds. The highest BCUT2D eigenvalue weighted by Crippen LogP contribution is 2.30. The molecule has 2 fully saturated rings. The van der Waals surface area contributed by atoms with Gasteiger partial charge in [0.05, 0.1) is 24.6 Å². The minimum Gasteiger partial charge on any atom is -0.491 e. The van der Waals surface area contributed by atoms with Gasteiger partial charge in [0.2, 0.25) is 0 Å². The van der Waals surface area contributed by atoms with E-state index in [1.807, 2.05) is 24.3 Å². The van der Waals surface area contributed by atoms with Crippen LogP contribution in [-0.4, -0.2) is 48.4 Å². The van der Waals surface area contributed by atoms with Gasteiger partial charge in [-0.3, -0.25) is 0 Å². The van der Waals surface area contributed by atoms with Gasteiger partial charge in [-0.2, -0.15) is 5.10 Å². The molecule has 1 aromatic heterocycles. The maximum atomic E-state index is 5.77. The van der Waals surface area contributed by atoms with Crippen LogP contribution < -0.4 is 9.47 Å². The van der Waals surface area contributed by atoms with E-state index in [2.05, 4.69) is 42.8 Å². The molecule has 2 aliphatic heterocycles. The first-order valence-corrected chi connectivity index (χ1v) is 11.0. The quantitative estimate of drug-likeness (QED) is 0.456. The Bertz CT molecular complexity index is 1020. The average molecular weight is 421 g/mol. The number of aromatic nitrogens is 2. The summed E-state index contributed by atoms with van der Waals surface area (Å²) in [4.78, 5) is 0. The van der Waals surface area contributed by atoms with Crippen molar-refractivity contribution < 1.29 is 18.9 Å². The maximum absolute atomic E-state index is 5.77. The van der Waals surface area contributed by atoms with Gasteiger partial charge >= 0.3 is 0 Å². The van der Waals surface area contributed by atoms with Crippen molar-refractivity contribution >= 4 is 0 Å². The van der Waals surface area contributed by atoms with Crippen LogP contribution in [0.3, 0.4) is 0 Å². The van der Waals surface area contributed by atoms with Gasteiger partial charge in [0.15, 0.2) is 0 Å². The lowest BCUT2D eigenvalue weighted by Crippen LogP contribution is -2.05. The van der Waals surface area contributed by atoms with Crippen LogP contribution in [0.25, 0.3) is 16.9 Å². The standard InChI is InChI=1S/C25H28N2O4/c1-3-4-24-17(2)25(18-5-9-20(10-6-18)28-13-22-15-30-22)26-27(24)19-7-11-21(12-8-19)29-14-23-16-31-23/h5-12,22-23H,3-4,13-16H2,1-2H3. The Morgan fingerprint density at radius 3 is 1.97 bits per heavy atom. The first-order valence-electron chi connectivity index (χ1n) is 11.0. The van der Waals surface area contributed by atoms with Gasteiger partial charge in [-0.25, -0.2) is 4.68 Å². The van der Waals surface area contributed by atoms with Gasteiger partial charge in [-0.15, -0.1) is 0 Å². The highest BCUT2D eigenvalue weighted by Gasteiger charge is 2.24. The van der Waals surface area contributed by atoms with Crippen LogP contribution in [0.5, 0.6) is 11.5 Å². The summed E-state index contributed by atoms with van der Waals surface area (Å²) in [7, 11) is 0. The lowest BCUT2D eigenvalue weighted by Gasteiger charge is -2.09. The van der Waals surface area contributed by atoms with E-state index in [1.54, 1.807) is 0 Å². The largest absolute Gasteiger partial charge is 0.491 e. The summed E-state index contributed by atoms with van der Waals surface area (Å²) < 4.78 is 24.0. The Hall–Kier alpha value is -2.83. The Kier molecular flexibility index (Phi) is 5.66. The van der Waals surface area contributed by atoms with E-state index < -0.39 is 0 Å². The summed E-state index contributed by atoms with van der Waals surface area (Å²) in [6, 6.07) is 16.3. The topological polar surface area (TPSA) is 61.3 Å². The minimum atomic E-state index is 0.256. The number of hydrogen-bond acceptors (Lipinski definition) is 5. The van der Waals surface area contributed by atoms with Crippen LogP contribution in [0, 0.1) is 6.92 Å². The Labute approximate surface area is 182 Å². The molecule has 31 heavy (non-hydrogen) atoms. The summed E-state index contributed by atoms with van der Waals surface area (Å²) in [5.74, 6) is 1.71. The zero-order valence-electron chi connectivity index (χ0n) is 18.0. The maximum Gasteiger partial charge on any atom is 0.119 e. The first-order chi connectivity index (χ1) is 15.2. The molecule has 6 heteroatoms. The van der Waals surface area contributed by atoms with Crippen molar-refractivity contribution in [3.8, 4) is 28.4 Å². The van der Waals surface area contributed by atoms with Gasteiger partial charge in [0.1, 0.15) is 36.9 Å². The number of hydrogen-bond donors (Lipinski definition) is 0. The van der Waals surface area contributed by atoms with E-state index >= 15 is 0 Å². The van der Waals surface area contributed by atoms with Crippen molar-refractivity contribution in [2.24, 2.45) is 0 Å². The molecular formula is C25H28N2O4. The predicted molar refractivity (Wildman–Crippen MR) is 118 cm³/mol. The van der Waals surface area contributed by atoms with Crippen molar-refractivity contribution in [3.63, 3.8) is 0 Å². The highest BCUT2D eigenvalue weighted by molar-refractivity contribution is 5.65. The fourth-order valence-electron chi connectivity index (χ4n) is 3.65. The predicted octanol–water partition coefficient (Wildman–Crippen LogP) is 4.36. The Morgan fingerprint density at radius 2 is 1.45 bits per heavy atom. The molecule has 0 saturated carbocycles. The lowest BCUT2D eigenvalue weighted by atomic mass is 10.0. The van der Waals surface area contributed by atoms with Crippen LogP contribution in [0.4, 0.5) is 0 Å². The molecular weight excluding hydrogens is 392 g/mol. The van der Waals surface area contributed by atoms with Crippen LogP contribution in [-0.2, 0) is 15.9 Å². The molecule has 2 atom stereocenters. The summed E-state index contributed by atoms with van der Waals surface area (Å²) >= 11 is 0. The van der Waals surface area contributed by atoms with Crippen molar-refractivity contribution in [2.75, 3.05) is 26.4 Å². The summed E-state index contributed by atoms with van der Waals surface area (Å²) in [5.41, 5.74) is 5.59. The molecule has 2 aliphatic rings. The SMILES string of the molecule is CCCc1c(C)c(-c2ccc(OCC3CO3)cc2)nn1-c1ccc(OCC2CO2)cc1. The monoisotopic (exact) mass is 420 g/mol. The molecule has 0 bridgehead atoms. The van der Waals surface area contributed by atoms with Gasteiger partial charge in [-0.05, 0) is 67.4 Å². The fourth-order valence-corrected chi connectivity index (χ4v) is 3.65. The molecule has 0 spiro atoms. The second kappa shape index (κ2) is 8.73. The molecule has 5 rings (SSSR count). The van der Waals surface area contributed by atoms with E-state index in [1.165, 1.54) is 11.3 Å². The molecule has 2 aromatic carbocycles. The Balaban J connectivity index is 1.38. The van der Waals surface area contributed by atoms with Crippen molar-refractivity contribution in [1.82, 2.24) is 9.78 Å². The average Bonchev–Trinajstić information content (AvgIpc) is 3.72. The summed E-state index contributed by atoms with van der Waals surface area (Å²) in [6.45, 7) is 7.18. The molecule has 0 N–H and O–H groups in total. The molecule has 0 aliphatic carbocycles. The third-order valence-electron chi connectivity index (χ3n) is 5.62. The zero-order valence-corrected chi connectivity index (χ0v) is 18.0. The molecule has 2 unspecified atom stereocenters. The second-order valence-corrected chi connectivity index (χ2v) is 8.13. The third kappa shape index (κ3) is 4.75. The van der Waals surface area contributed by atoms with Crippen LogP contribution in [0.1, 0.15) is 24.6 Å². The smallest absolute Gasteiger partial charge is 0.119 e. The lowest BCUT2D eigenvalue weighted by molar-refractivity contribution is 0.263. The second-order valence-electron chi connectivity index (χ2n) is 8.13. The van der Waals surface area contributed by atoms with Gasteiger partial charge < -0.3 is 18.9 Å². The molecule has 3 aromatic rings. The van der Waals surface area contributed by atoms with Gasteiger partial charge in [0.25, 0.3) is 0 Å². The van der Waals surface area contributed by atoms with Crippen LogP contribution >= 0.6 is 0 Å². The van der Waals surface area contributed by atoms with E-state index in [0.29, 0.717) is 13.2 Å². The number of ether oxygens (including phenoxy) is 4. The van der Waals surface area contributed by atoms with Crippen LogP contribution in [0.15, 0.2) is 48.5 Å². The van der Waals surface area contributed by atoms with Crippen molar-refractivity contribution in [3.05, 3.63) is 59.8 Å². The molecule has 6 nitrogen and oxygen atoms in total. The number of rotatable bonds is 10. The molecule has 2 saturated heterocycles. The molecule has 0 radical (unpaired) electrons. The van der Waals surface area contributed by atoms with E-state index in [4.69, 9.17) is 24.0 Å². The molecule has 162 valence electrons. The van der Waals surface area contributed by atoms with Crippen molar-refractivity contribution in [2.45, 2.75) is 38.9 Å². The Morgan fingerprint density at radius 1 is 0.903 bits per heavy atom. The third-order valence-corrected chi connectivity index (χ3v) is 5.62. The van der Waals surface area contributed by atoms with E-state index in [9.17, 15) is 0 Å². The fraction of sp³-hybridized carbons (Fsp3) is 0.400. The summed E-state index contributed by atoms with van der Waals surface area (Å²) in [5, 5.41) is 4.99. The number of nitrogens with zero attached hydrogens (tertiary/aromatic N) is 2. The first kappa shape index (κ1) is 20.1. The number of epoxide rings is 2. The zero-order chi connectivity index (χ0) is 21.2. The highest BCUT2D eigenvalue weighted by atomic mass is 16.6. The van der Waals surface area contributed by atoms with E-state index in [0.717, 1.165) is 54.5 Å².